The molecule has 1 unspecified atom stereocenters. The highest BCUT2D eigenvalue weighted by atomic mass is 16.3. The number of aliphatic hydroxyl groups is 1. The molecule has 76 valence electrons. The lowest BCUT2D eigenvalue weighted by Gasteiger charge is -2.13. The molecule has 0 saturated carbocycles. The molecule has 3 rings (SSSR count). The average Bonchev–Trinajstić information content (AvgIpc) is 2.63. The minimum absolute atomic E-state index is 0.216. The summed E-state index contributed by atoms with van der Waals surface area (Å²) in [4.78, 5) is 0. The summed E-state index contributed by atoms with van der Waals surface area (Å²) in [7, 11) is 0. The van der Waals surface area contributed by atoms with E-state index in [1.54, 1.807) is 0 Å². The number of aliphatic hydroxyl groups excluding tert-OH is 1. The Bertz CT molecular complexity index is 454. The molecule has 0 spiro atoms. The van der Waals surface area contributed by atoms with Gasteiger partial charge >= 0.3 is 0 Å². The van der Waals surface area contributed by atoms with Gasteiger partial charge in [0.2, 0.25) is 0 Å². The molecule has 0 amide bonds. The van der Waals surface area contributed by atoms with Crippen molar-refractivity contribution in [3.8, 4) is 0 Å². The van der Waals surface area contributed by atoms with Gasteiger partial charge in [-0.1, -0.05) is 36.4 Å². The van der Waals surface area contributed by atoms with Crippen LogP contribution in [0.3, 0.4) is 0 Å². The van der Waals surface area contributed by atoms with E-state index < -0.39 is 0 Å². The van der Waals surface area contributed by atoms with Gasteiger partial charge in [-0.3, -0.25) is 0 Å². The Balaban J connectivity index is 2.20. The minimum atomic E-state index is 0.216. The maximum atomic E-state index is 9.48. The molecule has 1 N–H and O–H groups in total. The lowest BCUT2D eigenvalue weighted by atomic mass is 9.93. The van der Waals surface area contributed by atoms with Gasteiger partial charge in [0.1, 0.15) is 0 Å². The van der Waals surface area contributed by atoms with Crippen molar-refractivity contribution in [2.24, 2.45) is 0 Å². The molecule has 1 atom stereocenters. The highest BCUT2D eigenvalue weighted by Crippen LogP contribution is 2.45. The van der Waals surface area contributed by atoms with Crippen LogP contribution in [0.15, 0.2) is 42.0 Å². The van der Waals surface area contributed by atoms with E-state index in [-0.39, 0.29) is 12.5 Å². The second-order valence-corrected chi connectivity index (χ2v) is 4.20. The highest BCUT2D eigenvalue weighted by molar-refractivity contribution is 5.81. The Morgan fingerprint density at radius 3 is 3.00 bits per heavy atom. The summed E-state index contributed by atoms with van der Waals surface area (Å²) in [5.41, 5.74) is 5.45. The molecule has 15 heavy (non-hydrogen) atoms. The van der Waals surface area contributed by atoms with Crippen molar-refractivity contribution in [3.05, 3.63) is 53.1 Å². The fourth-order valence-corrected chi connectivity index (χ4v) is 2.74. The third kappa shape index (κ3) is 1.20. The summed E-state index contributed by atoms with van der Waals surface area (Å²) in [6.07, 6.45) is 6.66. The summed E-state index contributed by atoms with van der Waals surface area (Å²) < 4.78 is 0. The summed E-state index contributed by atoms with van der Waals surface area (Å²) >= 11 is 0. The van der Waals surface area contributed by atoms with Crippen LogP contribution in [0.4, 0.5) is 0 Å². The highest BCUT2D eigenvalue weighted by Gasteiger charge is 2.29. The fraction of sp³-hybridized carbons (Fsp3) is 0.286. The summed E-state index contributed by atoms with van der Waals surface area (Å²) in [6.45, 7) is 0.222. The molecular weight excluding hydrogens is 184 g/mol. The number of fused-ring (bicyclic) bond motifs is 2. The number of rotatable bonds is 1. The number of benzene rings is 1. The molecule has 0 aromatic heterocycles. The first-order valence-electron chi connectivity index (χ1n) is 5.51. The monoisotopic (exact) mass is 198 g/mol. The fourth-order valence-electron chi connectivity index (χ4n) is 2.74. The van der Waals surface area contributed by atoms with E-state index in [4.69, 9.17) is 0 Å². The molecule has 2 aliphatic rings. The molecule has 1 aromatic rings. The van der Waals surface area contributed by atoms with Crippen LogP contribution in [-0.2, 0) is 0 Å². The summed E-state index contributed by atoms with van der Waals surface area (Å²) in [6, 6.07) is 8.47. The summed E-state index contributed by atoms with van der Waals surface area (Å²) in [5, 5.41) is 9.48. The number of allylic oxidation sites excluding steroid dienone is 3. The normalized spacial score (nSPS) is 22.9. The van der Waals surface area contributed by atoms with Crippen LogP contribution in [0.25, 0.3) is 5.57 Å². The molecule has 0 fully saturated rings. The van der Waals surface area contributed by atoms with E-state index in [2.05, 4.69) is 36.4 Å². The number of hydrogen-bond acceptors (Lipinski definition) is 1. The van der Waals surface area contributed by atoms with Crippen LogP contribution >= 0.6 is 0 Å². The van der Waals surface area contributed by atoms with Crippen molar-refractivity contribution >= 4 is 5.57 Å². The van der Waals surface area contributed by atoms with Crippen LogP contribution in [0.1, 0.15) is 29.9 Å². The smallest absolute Gasteiger partial charge is 0.0540 e. The zero-order chi connectivity index (χ0) is 10.3. The third-order valence-corrected chi connectivity index (χ3v) is 3.43. The Labute approximate surface area is 89.8 Å². The van der Waals surface area contributed by atoms with E-state index in [1.807, 2.05) is 0 Å². The standard InChI is InChI=1S/C14H14O/c15-9-14-12-7-3-1-5-10(12)11-6-2-4-8-13(11)14/h1,3-5,7-8,14-15H,2,6,9H2. The lowest BCUT2D eigenvalue weighted by molar-refractivity contribution is 0.281. The first kappa shape index (κ1) is 8.93. The molecule has 0 radical (unpaired) electrons. The Kier molecular flexibility index (Phi) is 2.00. The molecule has 0 bridgehead atoms. The molecule has 1 aromatic carbocycles. The lowest BCUT2D eigenvalue weighted by Crippen LogP contribution is -2.03. The van der Waals surface area contributed by atoms with Crippen molar-refractivity contribution in [1.29, 1.82) is 0 Å². The van der Waals surface area contributed by atoms with Gasteiger partial charge in [-0.05, 0) is 35.1 Å². The van der Waals surface area contributed by atoms with Gasteiger partial charge in [0.25, 0.3) is 0 Å². The topological polar surface area (TPSA) is 20.2 Å². The van der Waals surface area contributed by atoms with Crippen molar-refractivity contribution in [1.82, 2.24) is 0 Å². The van der Waals surface area contributed by atoms with Gasteiger partial charge in [0.15, 0.2) is 0 Å². The van der Waals surface area contributed by atoms with Gasteiger partial charge in [-0.25, -0.2) is 0 Å². The van der Waals surface area contributed by atoms with Gasteiger partial charge in [0, 0.05) is 5.92 Å². The zero-order valence-corrected chi connectivity index (χ0v) is 8.61. The van der Waals surface area contributed by atoms with Crippen molar-refractivity contribution in [3.63, 3.8) is 0 Å². The van der Waals surface area contributed by atoms with E-state index >= 15 is 0 Å². The Morgan fingerprint density at radius 2 is 2.13 bits per heavy atom. The second-order valence-electron chi connectivity index (χ2n) is 4.20. The predicted molar refractivity (Wildman–Crippen MR) is 61.6 cm³/mol. The van der Waals surface area contributed by atoms with Crippen LogP contribution in [0.5, 0.6) is 0 Å². The van der Waals surface area contributed by atoms with E-state index in [9.17, 15) is 5.11 Å². The predicted octanol–water partition coefficient (Wildman–Crippen LogP) is 2.88. The van der Waals surface area contributed by atoms with Crippen LogP contribution < -0.4 is 0 Å². The molecule has 0 aliphatic heterocycles. The largest absolute Gasteiger partial charge is 0.395 e. The maximum Gasteiger partial charge on any atom is 0.0540 e. The summed E-state index contributed by atoms with van der Waals surface area (Å²) in [5.74, 6) is 0.216. The van der Waals surface area contributed by atoms with E-state index in [0.717, 1.165) is 12.8 Å². The van der Waals surface area contributed by atoms with E-state index in [1.165, 1.54) is 22.3 Å². The van der Waals surface area contributed by atoms with Crippen molar-refractivity contribution < 1.29 is 5.11 Å². The first-order valence-corrected chi connectivity index (χ1v) is 5.51. The van der Waals surface area contributed by atoms with Gasteiger partial charge in [-0.2, -0.15) is 0 Å². The molecule has 1 nitrogen and oxygen atoms in total. The maximum absolute atomic E-state index is 9.48. The van der Waals surface area contributed by atoms with Crippen LogP contribution in [0.2, 0.25) is 0 Å². The zero-order valence-electron chi connectivity index (χ0n) is 8.61. The quantitative estimate of drug-likeness (QED) is 0.735. The molecule has 1 heteroatoms. The second kappa shape index (κ2) is 3.35. The van der Waals surface area contributed by atoms with Crippen molar-refractivity contribution in [2.75, 3.05) is 6.61 Å². The molecule has 0 heterocycles. The van der Waals surface area contributed by atoms with E-state index in [0.29, 0.717) is 0 Å². The first-order chi connectivity index (χ1) is 7.42. The Morgan fingerprint density at radius 1 is 1.27 bits per heavy atom. The molecular formula is C14H14O. The minimum Gasteiger partial charge on any atom is -0.395 e. The number of hydrogen-bond donors (Lipinski definition) is 1. The van der Waals surface area contributed by atoms with Gasteiger partial charge < -0.3 is 5.11 Å². The third-order valence-electron chi connectivity index (χ3n) is 3.43. The van der Waals surface area contributed by atoms with Gasteiger partial charge in [-0.15, -0.1) is 0 Å². The van der Waals surface area contributed by atoms with Gasteiger partial charge in [0.05, 0.1) is 6.61 Å². The Hall–Kier alpha value is -1.34. The van der Waals surface area contributed by atoms with Crippen LogP contribution in [0, 0.1) is 0 Å². The van der Waals surface area contributed by atoms with Crippen molar-refractivity contribution in [2.45, 2.75) is 18.8 Å². The molecule has 0 saturated heterocycles. The SMILES string of the molecule is OCC1C2=C(CCC=C2)c2ccccc21. The average molecular weight is 198 g/mol. The van der Waals surface area contributed by atoms with Crippen LogP contribution in [-0.4, -0.2) is 11.7 Å². The molecule has 2 aliphatic carbocycles.